The third kappa shape index (κ3) is 3.01. The Kier molecular flexibility index (Phi) is 4.56. The molecule has 0 saturated carbocycles. The molecule has 3 heteroatoms. The van der Waals surface area contributed by atoms with Crippen molar-refractivity contribution in [2.45, 2.75) is 44.2 Å². The summed E-state index contributed by atoms with van der Waals surface area (Å²) in [6.07, 6.45) is 20.2. The second-order valence-corrected chi connectivity index (χ2v) is 11.7. The Labute approximate surface area is 211 Å². The van der Waals surface area contributed by atoms with E-state index in [-0.39, 0.29) is 11.6 Å². The molecule has 174 valence electrons. The third-order valence-electron chi connectivity index (χ3n) is 8.35. The van der Waals surface area contributed by atoms with Crippen LogP contribution in [0, 0.1) is 5.92 Å². The van der Waals surface area contributed by atoms with Gasteiger partial charge in [-0.3, -0.25) is 0 Å². The van der Waals surface area contributed by atoms with Gasteiger partial charge in [-0.05, 0) is 53.7 Å². The van der Waals surface area contributed by atoms with Crippen LogP contribution in [0.15, 0.2) is 90.7 Å². The first-order valence-corrected chi connectivity index (χ1v) is 13.5. The van der Waals surface area contributed by atoms with Crippen molar-refractivity contribution < 1.29 is 0 Å². The normalized spacial score (nSPS) is 28.5. The number of rotatable bonds is 2. The molecule has 2 nitrogen and oxygen atoms in total. The Bertz CT molecular complexity index is 1510. The number of hydrogen-bond acceptors (Lipinski definition) is 3. The summed E-state index contributed by atoms with van der Waals surface area (Å²) in [6.45, 7) is 4.70. The zero-order chi connectivity index (χ0) is 23.7. The van der Waals surface area contributed by atoms with Crippen LogP contribution < -0.4 is 10.6 Å². The number of benzene rings is 2. The van der Waals surface area contributed by atoms with Crippen LogP contribution >= 0.6 is 11.3 Å². The van der Waals surface area contributed by atoms with E-state index in [2.05, 4.69) is 110 Å². The van der Waals surface area contributed by atoms with Gasteiger partial charge in [-0.1, -0.05) is 85.9 Å². The van der Waals surface area contributed by atoms with Crippen molar-refractivity contribution in [3.05, 3.63) is 112 Å². The molecule has 2 N–H and O–H groups in total. The molecular weight excluding hydrogens is 444 g/mol. The van der Waals surface area contributed by atoms with Crippen LogP contribution in [0.2, 0.25) is 0 Å². The van der Waals surface area contributed by atoms with Gasteiger partial charge in [0.05, 0.1) is 11.6 Å². The number of hydrogen-bond donors (Lipinski definition) is 1. The summed E-state index contributed by atoms with van der Waals surface area (Å²) in [5.74, 6) is 0.945. The highest BCUT2D eigenvalue weighted by atomic mass is 32.1. The summed E-state index contributed by atoms with van der Waals surface area (Å²) in [7, 11) is 0. The standard InChI is InChI=1S/C32H30N2S/c1-20-13-15-23-25-10-7-9-24(31(25)35-30(23)18-20)22-16-14-21(33)19-29(22)34-28-12-4-3-8-26(28)27-11-5-6-17-32(27,34)2/h3-17,20,27,29H,18-19,33H2,1-2H3. The molecule has 0 bridgehead atoms. The maximum atomic E-state index is 6.52. The van der Waals surface area contributed by atoms with E-state index in [1.807, 2.05) is 11.3 Å². The molecule has 0 amide bonds. The van der Waals surface area contributed by atoms with E-state index in [1.54, 1.807) is 0 Å². The van der Waals surface area contributed by atoms with Crippen LogP contribution in [0.25, 0.3) is 21.7 Å². The Balaban J connectivity index is 1.42. The molecule has 0 spiro atoms. The van der Waals surface area contributed by atoms with E-state index < -0.39 is 0 Å². The van der Waals surface area contributed by atoms with Crippen molar-refractivity contribution in [2.24, 2.45) is 11.7 Å². The predicted octanol–water partition coefficient (Wildman–Crippen LogP) is 7.59. The summed E-state index contributed by atoms with van der Waals surface area (Å²) in [4.78, 5) is 4.18. The molecule has 0 saturated heterocycles. The van der Waals surface area contributed by atoms with Gasteiger partial charge >= 0.3 is 0 Å². The van der Waals surface area contributed by atoms with Gasteiger partial charge < -0.3 is 10.6 Å². The maximum absolute atomic E-state index is 6.52. The molecule has 3 aliphatic carbocycles. The minimum Gasteiger partial charge on any atom is -0.402 e. The molecular formula is C32H30N2S. The van der Waals surface area contributed by atoms with Gasteiger partial charge in [0.1, 0.15) is 0 Å². The fourth-order valence-corrected chi connectivity index (χ4v) is 8.15. The SMILES string of the molecule is CC1C=Cc2c(sc3c(C4=CC=C(N)CC4N4c5ccccc5C5C=CC=CC54C)cccc23)C1. The van der Waals surface area contributed by atoms with Crippen LogP contribution in [0.1, 0.15) is 47.8 Å². The molecule has 1 aliphatic heterocycles. The van der Waals surface area contributed by atoms with E-state index in [0.29, 0.717) is 11.8 Å². The number of fused-ring (bicyclic) bond motifs is 6. The van der Waals surface area contributed by atoms with E-state index in [4.69, 9.17) is 5.73 Å². The number of nitrogens with two attached hydrogens (primary N) is 1. The number of allylic oxidation sites excluding steroid dienone is 5. The van der Waals surface area contributed by atoms with Crippen molar-refractivity contribution in [1.82, 2.24) is 0 Å². The van der Waals surface area contributed by atoms with Crippen LogP contribution in [0.4, 0.5) is 5.69 Å². The first-order chi connectivity index (χ1) is 17.0. The van der Waals surface area contributed by atoms with Gasteiger partial charge in [0.2, 0.25) is 0 Å². The number of anilines is 1. The molecule has 4 atom stereocenters. The second kappa shape index (κ2) is 7.60. The number of para-hydroxylation sites is 1. The van der Waals surface area contributed by atoms with Crippen LogP contribution in [-0.2, 0) is 6.42 Å². The smallest absolute Gasteiger partial charge is 0.0670 e. The van der Waals surface area contributed by atoms with Gasteiger partial charge in [-0.25, -0.2) is 0 Å². The Hall–Kier alpha value is -3.30. The molecule has 4 unspecified atom stereocenters. The minimum absolute atomic E-state index is 0.124. The van der Waals surface area contributed by atoms with Gasteiger partial charge in [0.25, 0.3) is 0 Å². The fraction of sp³-hybridized carbons (Fsp3) is 0.250. The zero-order valence-corrected chi connectivity index (χ0v) is 21.1. The summed E-state index contributed by atoms with van der Waals surface area (Å²) < 4.78 is 1.41. The van der Waals surface area contributed by atoms with Gasteiger partial charge in [0.15, 0.2) is 0 Å². The average Bonchev–Trinajstić information content (AvgIpc) is 3.35. The van der Waals surface area contributed by atoms with Crippen molar-refractivity contribution in [3.63, 3.8) is 0 Å². The average molecular weight is 475 g/mol. The molecule has 4 aliphatic rings. The Morgan fingerprint density at radius 1 is 1.00 bits per heavy atom. The third-order valence-corrected chi connectivity index (χ3v) is 9.62. The molecule has 7 rings (SSSR count). The quantitative estimate of drug-likeness (QED) is 0.414. The molecule has 35 heavy (non-hydrogen) atoms. The zero-order valence-electron chi connectivity index (χ0n) is 20.2. The molecule has 0 fully saturated rings. The highest BCUT2D eigenvalue weighted by Crippen LogP contribution is 2.54. The molecule has 0 radical (unpaired) electrons. The molecule has 3 aromatic rings. The first-order valence-electron chi connectivity index (χ1n) is 12.7. The van der Waals surface area contributed by atoms with E-state index in [0.717, 1.165) is 18.5 Å². The lowest BCUT2D eigenvalue weighted by molar-refractivity contribution is 0.470. The van der Waals surface area contributed by atoms with E-state index in [1.165, 1.54) is 42.9 Å². The van der Waals surface area contributed by atoms with Crippen molar-refractivity contribution in [2.75, 3.05) is 4.90 Å². The number of thiophene rings is 1. The summed E-state index contributed by atoms with van der Waals surface area (Å²) in [5.41, 5.74) is 14.2. The van der Waals surface area contributed by atoms with Crippen LogP contribution in [-0.4, -0.2) is 11.6 Å². The highest BCUT2D eigenvalue weighted by Gasteiger charge is 2.49. The largest absolute Gasteiger partial charge is 0.402 e. The Morgan fingerprint density at radius 2 is 1.89 bits per heavy atom. The molecule has 2 aromatic carbocycles. The highest BCUT2D eigenvalue weighted by molar-refractivity contribution is 7.19. The lowest BCUT2D eigenvalue weighted by Crippen LogP contribution is -2.51. The minimum atomic E-state index is -0.124. The summed E-state index contributed by atoms with van der Waals surface area (Å²) >= 11 is 1.99. The molecule has 1 aromatic heterocycles. The van der Waals surface area contributed by atoms with Crippen molar-refractivity contribution >= 4 is 38.8 Å². The molecule has 2 heterocycles. The maximum Gasteiger partial charge on any atom is 0.0670 e. The van der Waals surface area contributed by atoms with Gasteiger partial charge in [-0.15, -0.1) is 11.3 Å². The summed E-state index contributed by atoms with van der Waals surface area (Å²) in [6, 6.07) is 16.0. The number of nitrogens with zero attached hydrogens (tertiary/aromatic N) is 1. The van der Waals surface area contributed by atoms with E-state index in [9.17, 15) is 0 Å². The lowest BCUT2D eigenvalue weighted by Gasteiger charge is -2.46. The van der Waals surface area contributed by atoms with Gasteiger partial charge in [-0.2, -0.15) is 0 Å². The van der Waals surface area contributed by atoms with Crippen LogP contribution in [0.3, 0.4) is 0 Å². The Morgan fingerprint density at radius 3 is 2.80 bits per heavy atom. The lowest BCUT2D eigenvalue weighted by atomic mass is 9.79. The van der Waals surface area contributed by atoms with Crippen molar-refractivity contribution in [3.8, 4) is 0 Å². The van der Waals surface area contributed by atoms with Crippen molar-refractivity contribution in [1.29, 1.82) is 0 Å². The van der Waals surface area contributed by atoms with Crippen LogP contribution in [0.5, 0.6) is 0 Å². The topological polar surface area (TPSA) is 29.3 Å². The summed E-state index contributed by atoms with van der Waals surface area (Å²) in [5, 5.41) is 1.39. The monoisotopic (exact) mass is 474 g/mol. The fourth-order valence-electron chi connectivity index (χ4n) is 6.68. The predicted molar refractivity (Wildman–Crippen MR) is 151 cm³/mol. The van der Waals surface area contributed by atoms with E-state index >= 15 is 0 Å². The van der Waals surface area contributed by atoms with Gasteiger partial charge in [0, 0.05) is 38.7 Å². The first kappa shape index (κ1) is 21.0. The second-order valence-electron chi connectivity index (χ2n) is 10.6.